The van der Waals surface area contributed by atoms with Crippen LogP contribution >= 0.6 is 11.6 Å². The van der Waals surface area contributed by atoms with Crippen molar-refractivity contribution in [3.05, 3.63) is 83.4 Å². The van der Waals surface area contributed by atoms with Crippen LogP contribution in [0.5, 0.6) is 0 Å². The monoisotopic (exact) mass is 454 g/mol. The Labute approximate surface area is 197 Å². The van der Waals surface area contributed by atoms with E-state index in [0.29, 0.717) is 0 Å². The van der Waals surface area contributed by atoms with Crippen LogP contribution in [-0.4, -0.2) is 45.8 Å². The Balaban J connectivity index is 1.40. The van der Waals surface area contributed by atoms with Gasteiger partial charge in [0.15, 0.2) is 11.5 Å². The van der Waals surface area contributed by atoms with E-state index in [9.17, 15) is 0 Å². The van der Waals surface area contributed by atoms with Crippen molar-refractivity contribution in [2.45, 2.75) is 6.92 Å². The molecule has 5 aromatic rings. The molecule has 0 saturated carbocycles. The summed E-state index contributed by atoms with van der Waals surface area (Å²) >= 11 is 6.21. The van der Waals surface area contributed by atoms with Gasteiger partial charge in [-0.3, -0.25) is 0 Å². The lowest BCUT2D eigenvalue weighted by molar-refractivity contribution is 0.632. The zero-order valence-electron chi connectivity index (χ0n) is 18.3. The van der Waals surface area contributed by atoms with E-state index in [4.69, 9.17) is 26.7 Å². The fourth-order valence-corrected chi connectivity index (χ4v) is 4.67. The predicted octanol–water partition coefficient (Wildman–Crippen LogP) is 5.23. The van der Waals surface area contributed by atoms with Gasteiger partial charge in [-0.25, -0.2) is 9.97 Å². The summed E-state index contributed by atoms with van der Waals surface area (Å²) in [5.74, 6) is 1.55. The second kappa shape index (κ2) is 8.05. The molecule has 0 spiro atoms. The van der Waals surface area contributed by atoms with Crippen molar-refractivity contribution >= 4 is 39.8 Å². The molecule has 1 aliphatic rings. The van der Waals surface area contributed by atoms with Crippen LogP contribution in [0, 0.1) is 6.92 Å². The minimum Gasteiger partial charge on any atom is -0.368 e. The first-order chi connectivity index (χ1) is 16.2. The molecule has 1 fully saturated rings. The molecule has 0 N–H and O–H groups in total. The Morgan fingerprint density at radius 2 is 1.58 bits per heavy atom. The number of nitrogens with zero attached hydrogens (tertiary/aromatic N) is 6. The number of aryl methyl sites for hydroxylation is 1. The summed E-state index contributed by atoms with van der Waals surface area (Å²) in [4.78, 5) is 14.6. The van der Waals surface area contributed by atoms with Crippen LogP contribution in [0.3, 0.4) is 0 Å². The van der Waals surface area contributed by atoms with Crippen molar-refractivity contribution in [3.8, 4) is 11.4 Å². The molecule has 7 heteroatoms. The molecule has 164 valence electrons. The van der Waals surface area contributed by atoms with Crippen LogP contribution in [-0.2, 0) is 0 Å². The molecule has 6 rings (SSSR count). The molecule has 3 aromatic carbocycles. The van der Waals surface area contributed by atoms with Gasteiger partial charge in [0, 0.05) is 47.8 Å². The molecular formula is C26H23ClN6. The number of fused-ring (bicyclic) bond motifs is 3. The molecule has 33 heavy (non-hydrogen) atoms. The number of benzene rings is 3. The van der Waals surface area contributed by atoms with Crippen molar-refractivity contribution in [1.82, 2.24) is 19.6 Å². The van der Waals surface area contributed by atoms with Gasteiger partial charge in [0.05, 0.1) is 5.52 Å². The van der Waals surface area contributed by atoms with Gasteiger partial charge in [0.25, 0.3) is 0 Å². The summed E-state index contributed by atoms with van der Waals surface area (Å²) in [6.07, 6.45) is 0. The fourth-order valence-electron chi connectivity index (χ4n) is 4.49. The molecule has 2 aromatic heterocycles. The van der Waals surface area contributed by atoms with E-state index < -0.39 is 0 Å². The highest BCUT2D eigenvalue weighted by Gasteiger charge is 2.23. The van der Waals surface area contributed by atoms with E-state index in [1.165, 1.54) is 5.56 Å². The fraction of sp³-hybridized carbons (Fsp3) is 0.192. The first-order valence-electron chi connectivity index (χ1n) is 11.1. The van der Waals surface area contributed by atoms with E-state index in [-0.39, 0.29) is 0 Å². The maximum Gasteiger partial charge on any atom is 0.229 e. The van der Waals surface area contributed by atoms with E-state index in [1.807, 2.05) is 47.0 Å². The van der Waals surface area contributed by atoms with E-state index in [0.717, 1.165) is 70.8 Å². The molecule has 0 radical (unpaired) electrons. The summed E-state index contributed by atoms with van der Waals surface area (Å²) in [7, 11) is 0. The van der Waals surface area contributed by atoms with Crippen molar-refractivity contribution in [2.75, 3.05) is 36.0 Å². The van der Waals surface area contributed by atoms with Gasteiger partial charge in [-0.2, -0.15) is 4.52 Å². The van der Waals surface area contributed by atoms with Crippen LogP contribution in [0.2, 0.25) is 5.02 Å². The second-order valence-electron chi connectivity index (χ2n) is 8.42. The van der Waals surface area contributed by atoms with Gasteiger partial charge in [-0.05, 0) is 43.3 Å². The molecular weight excluding hydrogens is 432 g/mol. The smallest absolute Gasteiger partial charge is 0.229 e. The SMILES string of the molecule is Cc1cccc(-c2nc3c4ccccc4nc(N4CCN(c5cccc(Cl)c5)CC4)n3n2)c1. The predicted molar refractivity (Wildman–Crippen MR) is 134 cm³/mol. The third kappa shape index (κ3) is 3.66. The maximum absolute atomic E-state index is 6.21. The highest BCUT2D eigenvalue weighted by Crippen LogP contribution is 2.27. The van der Waals surface area contributed by atoms with Crippen molar-refractivity contribution in [3.63, 3.8) is 0 Å². The van der Waals surface area contributed by atoms with Gasteiger partial charge < -0.3 is 9.80 Å². The zero-order valence-corrected chi connectivity index (χ0v) is 19.1. The number of aromatic nitrogens is 4. The number of rotatable bonds is 3. The highest BCUT2D eigenvalue weighted by atomic mass is 35.5. The van der Waals surface area contributed by atoms with Crippen molar-refractivity contribution < 1.29 is 0 Å². The molecule has 0 bridgehead atoms. The van der Waals surface area contributed by atoms with Gasteiger partial charge in [-0.15, -0.1) is 5.10 Å². The number of piperazine rings is 1. The zero-order chi connectivity index (χ0) is 22.4. The standard InChI is InChI=1S/C26H23ClN6/c1-18-6-4-7-19(16-18)24-29-25-22-10-2-3-11-23(22)28-26(33(25)30-24)32-14-12-31(13-15-32)21-9-5-8-20(27)17-21/h2-11,16-17H,12-15H2,1H3. The molecule has 0 amide bonds. The number of anilines is 2. The lowest BCUT2D eigenvalue weighted by atomic mass is 10.1. The lowest BCUT2D eigenvalue weighted by Crippen LogP contribution is -2.47. The van der Waals surface area contributed by atoms with Crippen LogP contribution < -0.4 is 9.80 Å². The van der Waals surface area contributed by atoms with Crippen LogP contribution in [0.1, 0.15) is 5.56 Å². The number of hydrogen-bond donors (Lipinski definition) is 0. The Bertz CT molecular complexity index is 1470. The first-order valence-corrected chi connectivity index (χ1v) is 11.5. The third-order valence-corrected chi connectivity index (χ3v) is 6.41. The normalized spacial score (nSPS) is 14.4. The van der Waals surface area contributed by atoms with Gasteiger partial charge in [-0.1, -0.05) is 53.6 Å². The van der Waals surface area contributed by atoms with Crippen LogP contribution in [0.15, 0.2) is 72.8 Å². The molecule has 3 heterocycles. The summed E-state index contributed by atoms with van der Waals surface area (Å²) in [5, 5.41) is 6.68. The first kappa shape index (κ1) is 20.0. The largest absolute Gasteiger partial charge is 0.368 e. The summed E-state index contributed by atoms with van der Waals surface area (Å²) in [5.41, 5.74) is 5.12. The summed E-state index contributed by atoms with van der Waals surface area (Å²) in [6, 6.07) is 24.5. The van der Waals surface area contributed by atoms with Gasteiger partial charge in [0.2, 0.25) is 5.95 Å². The summed E-state index contributed by atoms with van der Waals surface area (Å²) < 4.78 is 1.91. The number of halogens is 1. The molecule has 0 unspecified atom stereocenters. The van der Waals surface area contributed by atoms with Crippen LogP contribution in [0.25, 0.3) is 27.9 Å². The van der Waals surface area contributed by atoms with E-state index in [2.05, 4.69) is 47.1 Å². The minimum absolute atomic E-state index is 0.718. The van der Waals surface area contributed by atoms with E-state index in [1.54, 1.807) is 0 Å². The average molecular weight is 455 g/mol. The minimum atomic E-state index is 0.718. The molecule has 0 atom stereocenters. The number of para-hydroxylation sites is 1. The molecule has 1 aliphatic heterocycles. The van der Waals surface area contributed by atoms with Crippen LogP contribution in [0.4, 0.5) is 11.6 Å². The quantitative estimate of drug-likeness (QED) is 0.373. The molecule has 6 nitrogen and oxygen atoms in total. The maximum atomic E-state index is 6.21. The topological polar surface area (TPSA) is 49.6 Å². The lowest BCUT2D eigenvalue weighted by Gasteiger charge is -2.36. The Morgan fingerprint density at radius 3 is 2.39 bits per heavy atom. The summed E-state index contributed by atoms with van der Waals surface area (Å²) in [6.45, 7) is 5.53. The Hall–Kier alpha value is -3.64. The Morgan fingerprint density at radius 1 is 0.788 bits per heavy atom. The van der Waals surface area contributed by atoms with Crippen molar-refractivity contribution in [1.29, 1.82) is 0 Å². The highest BCUT2D eigenvalue weighted by molar-refractivity contribution is 6.30. The molecule has 1 saturated heterocycles. The Kier molecular flexibility index (Phi) is 4.88. The van der Waals surface area contributed by atoms with Gasteiger partial charge >= 0.3 is 0 Å². The number of hydrogen-bond acceptors (Lipinski definition) is 5. The third-order valence-electron chi connectivity index (χ3n) is 6.17. The average Bonchev–Trinajstić information content (AvgIpc) is 3.30. The van der Waals surface area contributed by atoms with E-state index >= 15 is 0 Å². The second-order valence-corrected chi connectivity index (χ2v) is 8.86. The molecule has 0 aliphatic carbocycles. The van der Waals surface area contributed by atoms with Crippen molar-refractivity contribution in [2.24, 2.45) is 0 Å². The van der Waals surface area contributed by atoms with Gasteiger partial charge in [0.1, 0.15) is 0 Å².